The predicted octanol–water partition coefficient (Wildman–Crippen LogP) is 0.790. The van der Waals surface area contributed by atoms with Crippen LogP contribution in [0.4, 0.5) is 5.69 Å². The Kier molecular flexibility index (Phi) is 3.09. The summed E-state index contributed by atoms with van der Waals surface area (Å²) in [6.07, 6.45) is 2.84. The van der Waals surface area contributed by atoms with Gasteiger partial charge in [-0.05, 0) is 18.2 Å². The van der Waals surface area contributed by atoms with Crippen LogP contribution in [-0.2, 0) is 4.79 Å². The Balaban J connectivity index is 2.40. The Labute approximate surface area is 102 Å². The van der Waals surface area contributed by atoms with Gasteiger partial charge in [-0.15, -0.1) is 0 Å². The lowest BCUT2D eigenvalue weighted by Crippen LogP contribution is -2.28. The van der Waals surface area contributed by atoms with E-state index in [2.05, 4.69) is 5.32 Å². The molecule has 0 fully saturated rings. The van der Waals surface area contributed by atoms with Crippen LogP contribution >= 0.6 is 0 Å². The highest BCUT2D eigenvalue weighted by Crippen LogP contribution is 2.16. The molecule has 0 aromatic carbocycles. The fourth-order valence-corrected chi connectivity index (χ4v) is 1.46. The van der Waals surface area contributed by atoms with Gasteiger partial charge in [-0.25, -0.2) is 4.79 Å². The summed E-state index contributed by atoms with van der Waals surface area (Å²) in [5, 5.41) is 11.6. The molecule has 1 amide bonds. The Morgan fingerprint density at radius 1 is 1.39 bits per heavy atom. The number of hydrogen-bond donors (Lipinski definition) is 2. The van der Waals surface area contributed by atoms with Crippen LogP contribution in [0, 0.1) is 0 Å². The molecule has 0 bridgehead atoms. The molecular formula is C12H11N2O4+. The van der Waals surface area contributed by atoms with E-state index in [4.69, 9.17) is 4.42 Å². The fourth-order valence-electron chi connectivity index (χ4n) is 1.46. The molecule has 0 aliphatic rings. The zero-order valence-corrected chi connectivity index (χ0v) is 9.58. The zero-order chi connectivity index (χ0) is 13.1. The molecule has 6 heteroatoms. The van der Waals surface area contributed by atoms with Gasteiger partial charge in [0.05, 0.1) is 5.56 Å². The minimum absolute atomic E-state index is 0.0825. The van der Waals surface area contributed by atoms with Crippen LogP contribution in [0.3, 0.4) is 0 Å². The van der Waals surface area contributed by atoms with Gasteiger partial charge in [0.25, 0.3) is 0 Å². The summed E-state index contributed by atoms with van der Waals surface area (Å²) in [5.41, 5.74) is -0.0124. The van der Waals surface area contributed by atoms with E-state index in [1.165, 1.54) is 25.4 Å². The van der Waals surface area contributed by atoms with Crippen LogP contribution in [0.15, 0.2) is 45.9 Å². The van der Waals surface area contributed by atoms with Gasteiger partial charge in [-0.2, -0.15) is 0 Å². The number of aromatic nitrogens is 1. The van der Waals surface area contributed by atoms with Crippen molar-refractivity contribution in [1.29, 1.82) is 0 Å². The largest absolute Gasteiger partial charge is 0.421 e. The summed E-state index contributed by atoms with van der Waals surface area (Å²) in [5.74, 6) is -0.0412. The molecule has 0 aliphatic heterocycles. The third kappa shape index (κ3) is 2.54. The molecule has 6 nitrogen and oxygen atoms in total. The van der Waals surface area contributed by atoms with Crippen molar-refractivity contribution in [3.05, 3.63) is 47.1 Å². The quantitative estimate of drug-likeness (QED) is 0.607. The molecule has 0 unspecified atom stereocenters. The molecular weight excluding hydrogens is 236 g/mol. The Hall–Kier alpha value is -2.63. The first kappa shape index (κ1) is 11.8. The molecule has 0 atom stereocenters. The second-order valence-electron chi connectivity index (χ2n) is 3.65. The highest BCUT2D eigenvalue weighted by Gasteiger charge is 2.09. The highest BCUT2D eigenvalue weighted by atomic mass is 16.5. The molecule has 0 radical (unpaired) electrons. The molecule has 0 aliphatic carbocycles. The second kappa shape index (κ2) is 4.70. The smallest absolute Gasteiger partial charge is 0.360 e. The van der Waals surface area contributed by atoms with E-state index in [9.17, 15) is 14.8 Å². The van der Waals surface area contributed by atoms with E-state index in [0.717, 1.165) is 4.73 Å². The monoisotopic (exact) mass is 247 g/mol. The maximum Gasteiger partial charge on any atom is 0.360 e. The number of nitrogens with one attached hydrogen (secondary N) is 1. The van der Waals surface area contributed by atoms with Crippen LogP contribution in [-0.4, -0.2) is 11.1 Å². The van der Waals surface area contributed by atoms with Crippen molar-refractivity contribution in [2.75, 3.05) is 5.32 Å². The van der Waals surface area contributed by atoms with E-state index >= 15 is 0 Å². The number of nitrogens with zero attached hydrogens (tertiary/aromatic N) is 1. The Morgan fingerprint density at radius 3 is 2.78 bits per heavy atom. The van der Waals surface area contributed by atoms with Crippen molar-refractivity contribution >= 4 is 11.6 Å². The van der Waals surface area contributed by atoms with Crippen LogP contribution in [0.25, 0.3) is 11.3 Å². The summed E-state index contributed by atoms with van der Waals surface area (Å²) in [6, 6.07) is 6.29. The number of amides is 1. The lowest BCUT2D eigenvalue weighted by molar-refractivity contribution is -0.904. The summed E-state index contributed by atoms with van der Waals surface area (Å²) < 4.78 is 5.91. The molecule has 2 rings (SSSR count). The standard InChI is InChI=1S/C12H10N2O4/c1-8(15)13-10-4-5-11(18-12(10)16)9-3-2-6-14(17)7-9/h2-7H,1H3,(H-,13,15,17)/p+1. The maximum absolute atomic E-state index is 11.6. The number of anilines is 1. The van der Waals surface area contributed by atoms with E-state index in [1.54, 1.807) is 18.2 Å². The molecule has 2 N–H and O–H groups in total. The summed E-state index contributed by atoms with van der Waals surface area (Å²) in [6.45, 7) is 1.30. The topological polar surface area (TPSA) is 83.4 Å². The highest BCUT2D eigenvalue weighted by molar-refractivity contribution is 5.88. The number of carbonyl (C=O) groups is 1. The SMILES string of the molecule is CC(=O)Nc1ccc(-c2ccc[n+](O)c2)oc1=O. The predicted molar refractivity (Wildman–Crippen MR) is 62.1 cm³/mol. The Morgan fingerprint density at radius 2 is 2.17 bits per heavy atom. The maximum atomic E-state index is 11.6. The third-order valence-electron chi connectivity index (χ3n) is 2.21. The number of pyridine rings is 1. The van der Waals surface area contributed by atoms with Gasteiger partial charge in [0.15, 0.2) is 0 Å². The van der Waals surface area contributed by atoms with Crippen LogP contribution in [0.2, 0.25) is 0 Å². The third-order valence-corrected chi connectivity index (χ3v) is 2.21. The van der Waals surface area contributed by atoms with Gasteiger partial charge < -0.3 is 9.73 Å². The minimum atomic E-state index is -0.643. The minimum Gasteiger partial charge on any atom is -0.421 e. The van der Waals surface area contributed by atoms with Crippen molar-refractivity contribution in [3.8, 4) is 11.3 Å². The molecule has 2 aromatic heterocycles. The van der Waals surface area contributed by atoms with Gasteiger partial charge in [0, 0.05) is 17.7 Å². The number of carbonyl (C=O) groups excluding carboxylic acids is 1. The van der Waals surface area contributed by atoms with E-state index in [0.29, 0.717) is 11.3 Å². The first-order chi connectivity index (χ1) is 8.56. The van der Waals surface area contributed by atoms with Crippen molar-refractivity contribution in [1.82, 2.24) is 0 Å². The molecule has 2 aromatic rings. The lowest BCUT2D eigenvalue weighted by atomic mass is 10.2. The van der Waals surface area contributed by atoms with Crippen LogP contribution in [0.1, 0.15) is 6.92 Å². The Bertz CT molecular complexity index is 649. The number of rotatable bonds is 2. The molecule has 0 saturated heterocycles. The fraction of sp³-hybridized carbons (Fsp3) is 0.0833. The van der Waals surface area contributed by atoms with Gasteiger partial charge in [-0.1, -0.05) is 0 Å². The van der Waals surface area contributed by atoms with Gasteiger partial charge in [-0.3, -0.25) is 10.0 Å². The lowest BCUT2D eigenvalue weighted by Gasteiger charge is -2.01. The number of hydrogen-bond acceptors (Lipinski definition) is 4. The molecule has 0 saturated carbocycles. The van der Waals surface area contributed by atoms with E-state index in [-0.39, 0.29) is 11.6 Å². The summed E-state index contributed by atoms with van der Waals surface area (Å²) in [4.78, 5) is 22.4. The normalized spacial score (nSPS) is 10.1. The van der Waals surface area contributed by atoms with Crippen molar-refractivity contribution in [3.63, 3.8) is 0 Å². The average molecular weight is 247 g/mol. The molecule has 2 heterocycles. The first-order valence-corrected chi connectivity index (χ1v) is 5.19. The summed E-state index contributed by atoms with van der Waals surface area (Å²) >= 11 is 0. The summed E-state index contributed by atoms with van der Waals surface area (Å²) in [7, 11) is 0. The van der Waals surface area contributed by atoms with E-state index < -0.39 is 5.63 Å². The second-order valence-corrected chi connectivity index (χ2v) is 3.65. The van der Waals surface area contributed by atoms with Gasteiger partial charge >= 0.3 is 5.63 Å². The van der Waals surface area contributed by atoms with Gasteiger partial charge in [0.2, 0.25) is 18.3 Å². The van der Waals surface area contributed by atoms with Crippen LogP contribution in [0.5, 0.6) is 0 Å². The molecule has 92 valence electrons. The van der Waals surface area contributed by atoms with Crippen molar-refractivity contribution in [2.24, 2.45) is 0 Å². The van der Waals surface area contributed by atoms with Crippen LogP contribution < -0.4 is 15.7 Å². The van der Waals surface area contributed by atoms with E-state index in [1.807, 2.05) is 0 Å². The average Bonchev–Trinajstić information content (AvgIpc) is 2.31. The molecule has 18 heavy (non-hydrogen) atoms. The molecule has 0 spiro atoms. The first-order valence-electron chi connectivity index (χ1n) is 5.19. The van der Waals surface area contributed by atoms with Gasteiger partial charge in [0.1, 0.15) is 11.4 Å². The van der Waals surface area contributed by atoms with Crippen molar-refractivity contribution in [2.45, 2.75) is 6.92 Å². The zero-order valence-electron chi connectivity index (χ0n) is 9.58. The van der Waals surface area contributed by atoms with Crippen molar-refractivity contribution < 1.29 is 19.1 Å².